The smallest absolute Gasteiger partial charge is 0.181 e. The van der Waals surface area contributed by atoms with Crippen molar-refractivity contribution in [1.29, 1.82) is 0 Å². The van der Waals surface area contributed by atoms with Crippen LogP contribution in [0.15, 0.2) is 79.1 Å². The van der Waals surface area contributed by atoms with E-state index in [4.69, 9.17) is 0 Å². The van der Waals surface area contributed by atoms with Crippen molar-refractivity contribution in [2.75, 3.05) is 38.0 Å². The summed E-state index contributed by atoms with van der Waals surface area (Å²) >= 11 is 0. The summed E-state index contributed by atoms with van der Waals surface area (Å²) in [6, 6.07) is 16.1. The van der Waals surface area contributed by atoms with E-state index in [1.807, 2.05) is 86.5 Å². The number of aliphatic hydroxyl groups is 1. The maximum atomic E-state index is 11.5. The maximum absolute atomic E-state index is 11.5. The van der Waals surface area contributed by atoms with E-state index in [1.54, 1.807) is 6.08 Å². The first kappa shape index (κ1) is 20.0. The van der Waals surface area contributed by atoms with E-state index in [-0.39, 0.29) is 11.5 Å². The molecule has 0 unspecified atom stereocenters. The number of carbonyl (C=O) groups is 1. The molecule has 2 aromatic carbocycles. The molecule has 4 heteroatoms. The van der Waals surface area contributed by atoms with Crippen molar-refractivity contribution in [1.82, 2.24) is 0 Å². The first-order valence-corrected chi connectivity index (χ1v) is 8.66. The molecular formula is C23H26N2O2. The van der Waals surface area contributed by atoms with Crippen LogP contribution in [-0.4, -0.2) is 39.1 Å². The van der Waals surface area contributed by atoms with Crippen molar-refractivity contribution in [3.63, 3.8) is 0 Å². The summed E-state index contributed by atoms with van der Waals surface area (Å²) in [7, 11) is 7.95. The fraction of sp³-hybridized carbons (Fsp3) is 0.174. The second kappa shape index (κ2) is 8.90. The minimum atomic E-state index is -0.339. The van der Waals surface area contributed by atoms with Gasteiger partial charge in [0.15, 0.2) is 5.78 Å². The summed E-state index contributed by atoms with van der Waals surface area (Å²) in [5.41, 5.74) is 4.90. The number of rotatable bonds is 7. The zero-order chi connectivity index (χ0) is 20.0. The summed E-state index contributed by atoms with van der Waals surface area (Å²) in [6.07, 6.45) is 3.94. The van der Waals surface area contributed by atoms with Crippen molar-refractivity contribution in [3.05, 3.63) is 90.2 Å². The molecule has 0 aliphatic rings. The van der Waals surface area contributed by atoms with Gasteiger partial charge < -0.3 is 14.9 Å². The summed E-state index contributed by atoms with van der Waals surface area (Å²) in [6.45, 7) is 3.43. The van der Waals surface area contributed by atoms with E-state index in [9.17, 15) is 9.90 Å². The monoisotopic (exact) mass is 362 g/mol. The molecule has 0 saturated carbocycles. The molecule has 0 heterocycles. The molecule has 0 saturated heterocycles. The molecule has 1 N–H and O–H groups in total. The summed E-state index contributed by atoms with van der Waals surface area (Å²) in [4.78, 5) is 15.6. The van der Waals surface area contributed by atoms with E-state index < -0.39 is 0 Å². The van der Waals surface area contributed by atoms with Crippen LogP contribution in [0.25, 0.3) is 5.57 Å². The third kappa shape index (κ3) is 5.35. The van der Waals surface area contributed by atoms with Gasteiger partial charge in [-0.2, -0.15) is 0 Å². The molecule has 0 atom stereocenters. The summed E-state index contributed by atoms with van der Waals surface area (Å²) in [5, 5.41) is 10.2. The Bertz CT molecular complexity index is 805. The van der Waals surface area contributed by atoms with Crippen LogP contribution in [0.1, 0.15) is 11.1 Å². The Morgan fingerprint density at radius 3 is 1.56 bits per heavy atom. The molecule has 0 spiro atoms. The highest BCUT2D eigenvalue weighted by Gasteiger charge is 2.08. The SMILES string of the molecule is C=CC(=O)C=C(O)C=C(c1ccc(N(C)C)cc1)c1ccc(N(C)C)cc1. The number of anilines is 2. The molecule has 0 aromatic heterocycles. The fourth-order valence-electron chi connectivity index (χ4n) is 2.61. The van der Waals surface area contributed by atoms with Crippen molar-refractivity contribution in [2.24, 2.45) is 0 Å². The zero-order valence-electron chi connectivity index (χ0n) is 16.3. The Balaban J connectivity index is 2.52. The van der Waals surface area contributed by atoms with Crippen LogP contribution in [0.3, 0.4) is 0 Å². The average Bonchev–Trinajstić information content (AvgIpc) is 2.66. The Morgan fingerprint density at radius 1 is 0.815 bits per heavy atom. The molecule has 0 fully saturated rings. The van der Waals surface area contributed by atoms with Gasteiger partial charge in [-0.1, -0.05) is 30.8 Å². The Labute approximate surface area is 161 Å². The lowest BCUT2D eigenvalue weighted by molar-refractivity contribution is -0.110. The zero-order valence-corrected chi connectivity index (χ0v) is 16.3. The summed E-state index contributed by atoms with van der Waals surface area (Å²) < 4.78 is 0. The van der Waals surface area contributed by atoms with Gasteiger partial charge in [-0.05, 0) is 53.1 Å². The van der Waals surface area contributed by atoms with Crippen molar-refractivity contribution >= 4 is 22.7 Å². The number of nitrogens with zero attached hydrogens (tertiary/aromatic N) is 2. The minimum Gasteiger partial charge on any atom is -0.508 e. The Morgan fingerprint density at radius 2 is 1.22 bits per heavy atom. The topological polar surface area (TPSA) is 43.8 Å². The molecule has 27 heavy (non-hydrogen) atoms. The first-order valence-electron chi connectivity index (χ1n) is 8.66. The van der Waals surface area contributed by atoms with Crippen molar-refractivity contribution in [2.45, 2.75) is 0 Å². The third-order valence-electron chi connectivity index (χ3n) is 4.17. The normalized spacial score (nSPS) is 10.9. The first-order chi connectivity index (χ1) is 12.8. The summed E-state index contributed by atoms with van der Waals surface area (Å²) in [5.74, 6) is -0.447. The van der Waals surface area contributed by atoms with Gasteiger partial charge in [0.1, 0.15) is 5.76 Å². The largest absolute Gasteiger partial charge is 0.508 e. The van der Waals surface area contributed by atoms with E-state index in [0.717, 1.165) is 34.2 Å². The van der Waals surface area contributed by atoms with Crippen LogP contribution in [0.5, 0.6) is 0 Å². The lowest BCUT2D eigenvalue weighted by atomic mass is 9.96. The molecule has 2 aromatic rings. The van der Waals surface area contributed by atoms with Crippen molar-refractivity contribution in [3.8, 4) is 0 Å². The highest BCUT2D eigenvalue weighted by molar-refractivity contribution is 5.99. The molecule has 4 nitrogen and oxygen atoms in total. The maximum Gasteiger partial charge on any atom is 0.181 e. The van der Waals surface area contributed by atoms with Gasteiger partial charge in [-0.25, -0.2) is 0 Å². The van der Waals surface area contributed by atoms with Gasteiger partial charge in [0.05, 0.1) is 0 Å². The lowest BCUT2D eigenvalue weighted by Gasteiger charge is -2.16. The van der Waals surface area contributed by atoms with E-state index in [2.05, 4.69) is 6.58 Å². The quantitative estimate of drug-likeness (QED) is 0.449. The molecule has 0 amide bonds. The second-order valence-electron chi connectivity index (χ2n) is 6.62. The molecule has 2 rings (SSSR count). The molecule has 0 bridgehead atoms. The predicted octanol–water partition coefficient (Wildman–Crippen LogP) is 4.45. The highest BCUT2D eigenvalue weighted by atomic mass is 16.3. The molecule has 0 aliphatic heterocycles. The Hall–Kier alpha value is -3.27. The number of benzene rings is 2. The van der Waals surface area contributed by atoms with E-state index in [0.29, 0.717) is 0 Å². The minimum absolute atomic E-state index is 0.108. The van der Waals surface area contributed by atoms with E-state index in [1.165, 1.54) is 6.08 Å². The van der Waals surface area contributed by atoms with Crippen molar-refractivity contribution < 1.29 is 9.90 Å². The fourth-order valence-corrected chi connectivity index (χ4v) is 2.61. The number of allylic oxidation sites excluding steroid dienone is 3. The average molecular weight is 362 g/mol. The van der Waals surface area contributed by atoms with E-state index >= 15 is 0 Å². The number of ketones is 1. The Kier molecular flexibility index (Phi) is 6.61. The van der Waals surface area contributed by atoms with Gasteiger partial charge in [-0.15, -0.1) is 0 Å². The van der Waals surface area contributed by atoms with Crippen LogP contribution in [0.2, 0.25) is 0 Å². The van der Waals surface area contributed by atoms with Crippen LogP contribution in [0.4, 0.5) is 11.4 Å². The number of hydrogen-bond donors (Lipinski definition) is 1. The van der Waals surface area contributed by atoms with Gasteiger partial charge in [0.25, 0.3) is 0 Å². The van der Waals surface area contributed by atoms with Gasteiger partial charge in [0, 0.05) is 45.6 Å². The number of aliphatic hydroxyl groups excluding tert-OH is 1. The molecule has 0 aliphatic carbocycles. The van der Waals surface area contributed by atoms with Crippen LogP contribution >= 0.6 is 0 Å². The third-order valence-corrected chi connectivity index (χ3v) is 4.17. The standard InChI is InChI=1S/C23H26N2O2/c1-6-21(26)15-22(27)16-23(17-7-11-19(12-8-17)24(2)3)18-9-13-20(14-10-18)25(4)5/h6-16,27H,1H2,2-5H3. The molecular weight excluding hydrogens is 336 g/mol. The van der Waals surface area contributed by atoms with Gasteiger partial charge in [-0.3, -0.25) is 4.79 Å². The lowest BCUT2D eigenvalue weighted by Crippen LogP contribution is -2.08. The second-order valence-corrected chi connectivity index (χ2v) is 6.62. The van der Waals surface area contributed by atoms with Gasteiger partial charge in [0.2, 0.25) is 0 Å². The van der Waals surface area contributed by atoms with Crippen LogP contribution < -0.4 is 9.80 Å². The molecule has 140 valence electrons. The number of hydrogen-bond acceptors (Lipinski definition) is 4. The van der Waals surface area contributed by atoms with Crippen LogP contribution in [0, 0.1) is 0 Å². The predicted molar refractivity (Wildman–Crippen MR) is 115 cm³/mol. The van der Waals surface area contributed by atoms with Crippen LogP contribution in [-0.2, 0) is 4.79 Å². The highest BCUT2D eigenvalue weighted by Crippen LogP contribution is 2.28. The number of carbonyl (C=O) groups excluding carboxylic acids is 1. The molecule has 0 radical (unpaired) electrons. The van der Waals surface area contributed by atoms with Gasteiger partial charge >= 0.3 is 0 Å².